The first-order valence-electron chi connectivity index (χ1n) is 7.60. The summed E-state index contributed by atoms with van der Waals surface area (Å²) in [6, 6.07) is 7.33. The van der Waals surface area contributed by atoms with E-state index in [2.05, 4.69) is 5.92 Å². The lowest BCUT2D eigenvalue weighted by molar-refractivity contribution is -0.137. The maximum atomic E-state index is 12.7. The van der Waals surface area contributed by atoms with Gasteiger partial charge in [-0.2, -0.15) is 13.2 Å². The van der Waals surface area contributed by atoms with E-state index in [-0.39, 0.29) is 16.5 Å². The maximum absolute atomic E-state index is 12.7. The van der Waals surface area contributed by atoms with Gasteiger partial charge in [-0.3, -0.25) is 0 Å². The number of carbonyl (C=O) groups excluding carboxylic acids is 1. The molecule has 0 spiro atoms. The summed E-state index contributed by atoms with van der Waals surface area (Å²) in [5.41, 5.74) is -1.25. The SMILES string of the molecule is C#CC1(CC)OC(=O)c2ccc(Oc3ccc(C(F)(F)F)cc3Cl)cc21. The minimum Gasteiger partial charge on any atom is -0.456 e. The summed E-state index contributed by atoms with van der Waals surface area (Å²) >= 11 is 5.90. The maximum Gasteiger partial charge on any atom is 0.416 e. The minimum atomic E-state index is -4.50. The molecule has 0 aromatic heterocycles. The molecule has 3 nitrogen and oxygen atoms in total. The standard InChI is InChI=1S/C19H12ClF3O3/c1-3-18(4-2)14-10-12(6-7-13(14)17(24)26-18)25-16-8-5-11(9-15(16)20)19(21,22)23/h1,5-10H,4H2,2H3. The summed E-state index contributed by atoms with van der Waals surface area (Å²) in [6.45, 7) is 1.78. The van der Waals surface area contributed by atoms with Crippen LogP contribution in [-0.4, -0.2) is 5.97 Å². The summed E-state index contributed by atoms with van der Waals surface area (Å²) in [7, 11) is 0. The Hall–Kier alpha value is -2.65. The third kappa shape index (κ3) is 2.99. The predicted molar refractivity (Wildman–Crippen MR) is 89.2 cm³/mol. The average molecular weight is 381 g/mol. The third-order valence-corrected chi connectivity index (χ3v) is 4.43. The molecule has 0 saturated heterocycles. The van der Waals surface area contributed by atoms with Crippen molar-refractivity contribution >= 4 is 17.6 Å². The Labute approximate surface area is 152 Å². The first kappa shape index (κ1) is 18.2. The number of rotatable bonds is 3. The molecule has 1 aliphatic rings. The predicted octanol–water partition coefficient (Wildman–Crippen LogP) is 5.56. The number of cyclic esters (lactones) is 1. The topological polar surface area (TPSA) is 35.5 Å². The average Bonchev–Trinajstić information content (AvgIpc) is 2.88. The second-order valence-electron chi connectivity index (χ2n) is 5.67. The number of benzene rings is 2. The first-order chi connectivity index (χ1) is 12.2. The monoisotopic (exact) mass is 380 g/mol. The highest BCUT2D eigenvalue weighted by atomic mass is 35.5. The normalized spacial score (nSPS) is 18.8. The van der Waals surface area contributed by atoms with E-state index < -0.39 is 23.3 Å². The molecule has 0 radical (unpaired) electrons. The van der Waals surface area contributed by atoms with Crippen LogP contribution < -0.4 is 4.74 Å². The summed E-state index contributed by atoms with van der Waals surface area (Å²) in [5.74, 6) is 2.29. The summed E-state index contributed by atoms with van der Waals surface area (Å²) in [4.78, 5) is 12.0. The summed E-state index contributed by atoms with van der Waals surface area (Å²) in [6.07, 6.45) is 1.41. The van der Waals surface area contributed by atoms with Gasteiger partial charge >= 0.3 is 12.1 Å². The molecule has 2 aromatic carbocycles. The Kier molecular flexibility index (Phi) is 4.37. The third-order valence-electron chi connectivity index (χ3n) is 4.13. The summed E-state index contributed by atoms with van der Waals surface area (Å²) < 4.78 is 49.0. The van der Waals surface area contributed by atoms with Gasteiger partial charge in [0.15, 0.2) is 5.60 Å². The van der Waals surface area contributed by atoms with Crippen molar-refractivity contribution in [2.75, 3.05) is 0 Å². The van der Waals surface area contributed by atoms with Crippen molar-refractivity contribution in [3.05, 3.63) is 58.1 Å². The number of esters is 1. The van der Waals surface area contributed by atoms with Gasteiger partial charge in [-0.15, -0.1) is 6.42 Å². The molecule has 0 amide bonds. The number of halogens is 4. The van der Waals surface area contributed by atoms with Crippen LogP contribution in [0.3, 0.4) is 0 Å². The van der Waals surface area contributed by atoms with Crippen LogP contribution in [0.4, 0.5) is 13.2 Å². The fourth-order valence-corrected chi connectivity index (χ4v) is 2.95. The highest BCUT2D eigenvalue weighted by Crippen LogP contribution is 2.42. The van der Waals surface area contributed by atoms with E-state index in [9.17, 15) is 18.0 Å². The zero-order valence-electron chi connectivity index (χ0n) is 13.5. The highest BCUT2D eigenvalue weighted by Gasteiger charge is 2.43. The van der Waals surface area contributed by atoms with Gasteiger partial charge in [0.2, 0.25) is 0 Å². The molecule has 26 heavy (non-hydrogen) atoms. The van der Waals surface area contributed by atoms with Gasteiger partial charge in [-0.25, -0.2) is 4.79 Å². The van der Waals surface area contributed by atoms with Crippen LogP contribution in [0.25, 0.3) is 0 Å². The number of hydrogen-bond acceptors (Lipinski definition) is 3. The Morgan fingerprint density at radius 1 is 1.27 bits per heavy atom. The molecule has 1 heterocycles. The number of hydrogen-bond donors (Lipinski definition) is 0. The van der Waals surface area contributed by atoms with Crippen LogP contribution >= 0.6 is 11.6 Å². The largest absolute Gasteiger partial charge is 0.456 e. The van der Waals surface area contributed by atoms with Gasteiger partial charge in [-0.1, -0.05) is 24.4 Å². The molecule has 2 aromatic rings. The van der Waals surface area contributed by atoms with Gasteiger partial charge in [0.05, 0.1) is 16.1 Å². The molecule has 3 rings (SSSR count). The van der Waals surface area contributed by atoms with E-state index in [1.54, 1.807) is 6.92 Å². The molecule has 0 N–H and O–H groups in total. The molecule has 1 unspecified atom stereocenters. The molecule has 134 valence electrons. The van der Waals surface area contributed by atoms with Crippen LogP contribution in [0.1, 0.15) is 34.8 Å². The van der Waals surface area contributed by atoms with Crippen LogP contribution in [0, 0.1) is 12.3 Å². The van der Waals surface area contributed by atoms with Crippen molar-refractivity contribution in [1.29, 1.82) is 0 Å². The number of terminal acetylenes is 1. The lowest BCUT2D eigenvalue weighted by Gasteiger charge is -2.21. The smallest absolute Gasteiger partial charge is 0.416 e. The number of ether oxygens (including phenoxy) is 2. The van der Waals surface area contributed by atoms with Crippen molar-refractivity contribution < 1.29 is 27.4 Å². The highest BCUT2D eigenvalue weighted by molar-refractivity contribution is 6.32. The second-order valence-corrected chi connectivity index (χ2v) is 6.07. The van der Waals surface area contributed by atoms with Crippen LogP contribution in [0.5, 0.6) is 11.5 Å². The zero-order chi connectivity index (χ0) is 19.1. The van der Waals surface area contributed by atoms with Gasteiger partial charge in [0.25, 0.3) is 0 Å². The summed E-state index contributed by atoms with van der Waals surface area (Å²) in [5, 5.41) is -0.189. The molecular weight excluding hydrogens is 369 g/mol. The quantitative estimate of drug-likeness (QED) is 0.516. The Morgan fingerprint density at radius 3 is 2.58 bits per heavy atom. The zero-order valence-corrected chi connectivity index (χ0v) is 14.2. The van der Waals surface area contributed by atoms with E-state index in [1.807, 2.05) is 0 Å². The molecule has 0 bridgehead atoms. The van der Waals surface area contributed by atoms with Gasteiger partial charge < -0.3 is 9.47 Å². The van der Waals surface area contributed by atoms with E-state index in [0.29, 0.717) is 17.5 Å². The molecule has 0 fully saturated rings. The molecular formula is C19H12ClF3O3. The van der Waals surface area contributed by atoms with Crippen LogP contribution in [-0.2, 0) is 16.5 Å². The van der Waals surface area contributed by atoms with E-state index in [4.69, 9.17) is 27.5 Å². The Morgan fingerprint density at radius 2 is 2.00 bits per heavy atom. The van der Waals surface area contributed by atoms with Gasteiger partial charge in [0.1, 0.15) is 11.5 Å². The minimum absolute atomic E-state index is 0.0488. The lowest BCUT2D eigenvalue weighted by Crippen LogP contribution is -2.22. The van der Waals surface area contributed by atoms with E-state index >= 15 is 0 Å². The van der Waals surface area contributed by atoms with Gasteiger partial charge in [0, 0.05) is 12.0 Å². The second kappa shape index (κ2) is 6.26. The molecule has 1 atom stereocenters. The molecule has 0 saturated carbocycles. The van der Waals surface area contributed by atoms with Crippen LogP contribution in [0.15, 0.2) is 36.4 Å². The van der Waals surface area contributed by atoms with Crippen LogP contribution in [0.2, 0.25) is 5.02 Å². The molecule has 7 heteroatoms. The van der Waals surface area contributed by atoms with Crippen molar-refractivity contribution in [2.45, 2.75) is 25.1 Å². The van der Waals surface area contributed by atoms with E-state index in [0.717, 1.165) is 18.2 Å². The van der Waals surface area contributed by atoms with Gasteiger partial charge in [-0.05, 0) is 36.4 Å². The van der Waals surface area contributed by atoms with Crippen molar-refractivity contribution in [3.63, 3.8) is 0 Å². The van der Waals surface area contributed by atoms with E-state index in [1.165, 1.54) is 18.2 Å². The lowest BCUT2D eigenvalue weighted by atomic mass is 9.90. The molecule has 0 aliphatic carbocycles. The number of carbonyl (C=O) groups is 1. The Bertz CT molecular complexity index is 931. The molecule has 1 aliphatic heterocycles. The number of fused-ring (bicyclic) bond motifs is 1. The number of alkyl halides is 3. The fraction of sp³-hybridized carbons (Fsp3) is 0.211. The first-order valence-corrected chi connectivity index (χ1v) is 7.98. The van der Waals surface area contributed by atoms with Crippen molar-refractivity contribution in [1.82, 2.24) is 0 Å². The van der Waals surface area contributed by atoms with Crippen molar-refractivity contribution in [3.8, 4) is 23.8 Å². The fourth-order valence-electron chi connectivity index (χ4n) is 2.73. The Balaban J connectivity index is 1.96. The van der Waals surface area contributed by atoms with Crippen molar-refractivity contribution in [2.24, 2.45) is 0 Å².